The monoisotopic (exact) mass is 460 g/mol. The highest BCUT2D eigenvalue weighted by Gasteiger charge is 2.69. The number of imidazole rings is 1. The maximum absolute atomic E-state index is 13.7. The lowest BCUT2D eigenvalue weighted by Crippen LogP contribution is -2.40. The fourth-order valence-electron chi connectivity index (χ4n) is 3.98. The van der Waals surface area contributed by atoms with Crippen LogP contribution in [0.2, 0.25) is 0 Å². The Kier molecular flexibility index (Phi) is 5.34. The first-order valence-corrected chi connectivity index (χ1v) is 10.4. The van der Waals surface area contributed by atoms with E-state index in [-0.39, 0.29) is 32.5 Å². The van der Waals surface area contributed by atoms with Crippen molar-refractivity contribution in [2.24, 2.45) is 23.0 Å². The van der Waals surface area contributed by atoms with E-state index >= 15 is 0 Å². The van der Waals surface area contributed by atoms with Crippen molar-refractivity contribution in [3.63, 3.8) is 0 Å². The van der Waals surface area contributed by atoms with Crippen molar-refractivity contribution in [2.45, 2.75) is 51.4 Å². The molecular weight excluding hydrogens is 435 g/mol. The molecule has 0 spiro atoms. The number of hydrogen-bond acceptors (Lipinski definition) is 4. The summed E-state index contributed by atoms with van der Waals surface area (Å²) in [5.74, 6) is -4.44. The van der Waals surface area contributed by atoms with Gasteiger partial charge in [0.25, 0.3) is 5.92 Å². The summed E-state index contributed by atoms with van der Waals surface area (Å²) in [6.07, 6.45) is -1.34. The van der Waals surface area contributed by atoms with Gasteiger partial charge in [0.2, 0.25) is 0 Å². The fraction of sp³-hybridized carbons (Fsp3) is 0.650. The van der Waals surface area contributed by atoms with Crippen molar-refractivity contribution in [2.75, 3.05) is 13.1 Å². The number of aromatic nitrogens is 3. The molecule has 1 saturated carbocycles. The van der Waals surface area contributed by atoms with Gasteiger partial charge < -0.3 is 16.0 Å². The minimum absolute atomic E-state index is 0.0447. The van der Waals surface area contributed by atoms with E-state index in [1.807, 2.05) is 0 Å². The second-order valence-electron chi connectivity index (χ2n) is 9.31. The van der Waals surface area contributed by atoms with Gasteiger partial charge in [-0.15, -0.1) is 0 Å². The number of nitrogens with two attached hydrogens (primary N) is 1. The first-order chi connectivity index (χ1) is 14.8. The van der Waals surface area contributed by atoms with Crippen LogP contribution in [-0.4, -0.2) is 50.7 Å². The summed E-state index contributed by atoms with van der Waals surface area (Å²) in [5.41, 5.74) is 5.62. The smallest absolute Gasteiger partial charge is 0.337 e. The van der Waals surface area contributed by atoms with E-state index in [0.29, 0.717) is 16.9 Å². The lowest BCUT2D eigenvalue weighted by molar-refractivity contribution is -0.214. The number of urea groups is 1. The predicted molar refractivity (Wildman–Crippen MR) is 105 cm³/mol. The highest BCUT2D eigenvalue weighted by atomic mass is 19.4. The number of hydrogen-bond donors (Lipinski definition) is 2. The summed E-state index contributed by atoms with van der Waals surface area (Å²) in [4.78, 5) is 17.9. The van der Waals surface area contributed by atoms with Gasteiger partial charge in [0, 0.05) is 25.7 Å². The van der Waals surface area contributed by atoms with Gasteiger partial charge in [-0.25, -0.2) is 23.1 Å². The second kappa shape index (κ2) is 7.53. The summed E-state index contributed by atoms with van der Waals surface area (Å²) >= 11 is 0. The summed E-state index contributed by atoms with van der Waals surface area (Å²) in [7, 11) is 0. The third-order valence-electron chi connectivity index (χ3n) is 6.54. The zero-order valence-corrected chi connectivity index (χ0v) is 17.7. The molecule has 0 radical (unpaired) electrons. The van der Waals surface area contributed by atoms with Crippen molar-refractivity contribution in [3.8, 4) is 0 Å². The molecule has 176 valence electrons. The van der Waals surface area contributed by atoms with Crippen molar-refractivity contribution in [1.29, 1.82) is 0 Å². The molecule has 1 saturated heterocycles. The highest BCUT2D eigenvalue weighted by Crippen LogP contribution is 2.55. The van der Waals surface area contributed by atoms with E-state index < -0.39 is 41.4 Å². The number of rotatable bonds is 6. The molecule has 0 aromatic carbocycles. The Morgan fingerprint density at radius 3 is 2.72 bits per heavy atom. The molecule has 3 atom stereocenters. The van der Waals surface area contributed by atoms with E-state index in [1.54, 1.807) is 12.3 Å². The van der Waals surface area contributed by atoms with Crippen LogP contribution in [0.1, 0.15) is 44.0 Å². The maximum Gasteiger partial charge on any atom is 0.393 e. The van der Waals surface area contributed by atoms with E-state index in [9.17, 15) is 26.7 Å². The molecule has 1 aliphatic carbocycles. The van der Waals surface area contributed by atoms with Gasteiger partial charge in [-0.05, 0) is 24.5 Å². The molecule has 32 heavy (non-hydrogen) atoms. The topological polar surface area (TPSA) is 88.5 Å². The normalized spacial score (nSPS) is 24.1. The van der Waals surface area contributed by atoms with Crippen LogP contribution in [0, 0.1) is 17.3 Å². The number of nitrogens with zero attached hydrogens (tertiary/aromatic N) is 4. The zero-order chi connectivity index (χ0) is 23.5. The van der Waals surface area contributed by atoms with Gasteiger partial charge in [-0.1, -0.05) is 13.8 Å². The molecular formula is C20H25F5N6O. The molecule has 0 bridgehead atoms. The summed E-state index contributed by atoms with van der Waals surface area (Å²) in [6, 6.07) is 0.544. The molecule has 1 aliphatic heterocycles. The molecule has 2 fully saturated rings. The fourth-order valence-corrected chi connectivity index (χ4v) is 3.98. The Hall–Kier alpha value is -2.50. The van der Waals surface area contributed by atoms with Gasteiger partial charge in [-0.3, -0.25) is 0 Å². The quantitative estimate of drug-likeness (QED) is 0.646. The molecule has 4 rings (SSSR count). The zero-order valence-electron chi connectivity index (χ0n) is 17.7. The largest absolute Gasteiger partial charge is 0.393 e. The Bertz CT molecular complexity index is 1020. The Balaban J connectivity index is 1.44. The lowest BCUT2D eigenvalue weighted by atomic mass is 9.85. The molecule has 2 aliphatic rings. The first-order valence-electron chi connectivity index (χ1n) is 10.4. The van der Waals surface area contributed by atoms with Crippen LogP contribution in [0.15, 0.2) is 18.5 Å². The number of carbonyl (C=O) groups is 1. The first kappa shape index (κ1) is 22.7. The van der Waals surface area contributed by atoms with E-state index in [4.69, 9.17) is 5.73 Å². The molecule has 3 N–H and O–H groups in total. The Morgan fingerprint density at radius 2 is 2.03 bits per heavy atom. The minimum Gasteiger partial charge on any atom is -0.337 e. The third kappa shape index (κ3) is 4.12. The van der Waals surface area contributed by atoms with Crippen molar-refractivity contribution in [1.82, 2.24) is 24.8 Å². The van der Waals surface area contributed by atoms with Gasteiger partial charge in [-0.2, -0.15) is 18.3 Å². The summed E-state index contributed by atoms with van der Waals surface area (Å²) < 4.78 is 68.1. The van der Waals surface area contributed by atoms with Gasteiger partial charge in [0.15, 0.2) is 5.65 Å². The number of fused-ring (bicyclic) bond motifs is 2. The second-order valence-corrected chi connectivity index (χ2v) is 9.31. The number of amides is 2. The highest BCUT2D eigenvalue weighted by molar-refractivity contribution is 5.75. The summed E-state index contributed by atoms with van der Waals surface area (Å²) in [5, 5.41) is 6.74. The van der Waals surface area contributed by atoms with Gasteiger partial charge >= 0.3 is 12.2 Å². The molecule has 2 aromatic heterocycles. The average Bonchev–Trinajstić information content (AvgIpc) is 3.03. The van der Waals surface area contributed by atoms with Crippen LogP contribution < -0.4 is 11.1 Å². The maximum atomic E-state index is 13.7. The van der Waals surface area contributed by atoms with Crippen LogP contribution in [0.3, 0.4) is 0 Å². The van der Waals surface area contributed by atoms with E-state index in [1.165, 1.54) is 15.6 Å². The van der Waals surface area contributed by atoms with Crippen LogP contribution in [-0.2, 0) is 6.54 Å². The van der Waals surface area contributed by atoms with E-state index in [0.717, 1.165) is 13.8 Å². The molecule has 7 nitrogen and oxygen atoms in total. The molecule has 0 unspecified atom stereocenters. The third-order valence-corrected chi connectivity index (χ3v) is 6.54. The SMILES string of the molecule is CC(C)(CC[C@H](N)c1cn2ncc(CN3C[C@H]4[C@@H](CNC3=O)C4(F)F)cc2n1)C(F)(F)F. The van der Waals surface area contributed by atoms with Crippen LogP contribution in [0.5, 0.6) is 0 Å². The lowest BCUT2D eigenvalue weighted by Gasteiger charge is -2.28. The standard InChI is InChI=1S/C20H25F5N6O/c1-18(2,20(23,24)25)4-3-14(26)15-10-31-16(29-15)5-11(6-28-31)8-30-9-13-12(19(13,21)22)7-27-17(30)32/h5-6,10,12-14H,3-4,7-9,26H2,1-2H3,(H,27,32)/t12-,13+,14+/m1/s1. The Labute approximate surface area is 181 Å². The number of halogens is 5. The van der Waals surface area contributed by atoms with E-state index in [2.05, 4.69) is 15.4 Å². The molecule has 2 amide bonds. The predicted octanol–water partition coefficient (Wildman–Crippen LogP) is 3.50. The van der Waals surface area contributed by atoms with Crippen LogP contribution >= 0.6 is 0 Å². The van der Waals surface area contributed by atoms with Crippen molar-refractivity contribution in [3.05, 3.63) is 29.7 Å². The molecule has 2 aromatic rings. The van der Waals surface area contributed by atoms with Gasteiger partial charge in [0.05, 0.1) is 35.3 Å². The average molecular weight is 460 g/mol. The van der Waals surface area contributed by atoms with Crippen molar-refractivity contribution < 1.29 is 26.7 Å². The molecule has 3 heterocycles. The molecule has 12 heteroatoms. The number of carbonyl (C=O) groups excluding carboxylic acids is 1. The van der Waals surface area contributed by atoms with Gasteiger partial charge in [0.1, 0.15) is 0 Å². The minimum atomic E-state index is -4.33. The number of alkyl halides is 5. The summed E-state index contributed by atoms with van der Waals surface area (Å²) in [6.45, 7) is 2.26. The number of nitrogens with one attached hydrogen (secondary N) is 1. The Morgan fingerprint density at radius 1 is 1.31 bits per heavy atom. The van der Waals surface area contributed by atoms with Crippen LogP contribution in [0.25, 0.3) is 5.65 Å². The van der Waals surface area contributed by atoms with Crippen LogP contribution in [0.4, 0.5) is 26.7 Å². The van der Waals surface area contributed by atoms with Crippen molar-refractivity contribution >= 4 is 11.7 Å².